The average molecular weight is 377 g/mol. The van der Waals surface area contributed by atoms with Gasteiger partial charge in [0.1, 0.15) is 5.75 Å². The summed E-state index contributed by atoms with van der Waals surface area (Å²) in [6, 6.07) is 10.3. The molecule has 2 rings (SSSR count). The molecule has 0 radical (unpaired) electrons. The maximum absolute atomic E-state index is 10.9. The van der Waals surface area contributed by atoms with Gasteiger partial charge in [-0.25, -0.2) is 0 Å². The van der Waals surface area contributed by atoms with Gasteiger partial charge in [0.25, 0.3) is 5.69 Å². The lowest BCUT2D eigenvalue weighted by atomic mass is 9.97. The molecule has 6 heteroatoms. The first-order valence-electron chi connectivity index (χ1n) is 7.24. The number of phenols is 1. The second kappa shape index (κ2) is 7.37. The molecule has 0 saturated heterocycles. The molecule has 5 nitrogen and oxygen atoms in total. The molecular weight excluding hydrogens is 360 g/mol. The topological polar surface area (TPSA) is 75.7 Å². The van der Waals surface area contributed by atoms with Gasteiger partial charge in [-0.3, -0.25) is 15.1 Å². The van der Waals surface area contributed by atoms with Gasteiger partial charge >= 0.3 is 0 Å². The van der Waals surface area contributed by atoms with Crippen LogP contribution >= 0.6 is 15.9 Å². The quantitative estimate of drug-likeness (QED) is 0.435. The Morgan fingerprint density at radius 1 is 1.39 bits per heavy atom. The molecule has 1 N–H and O–H groups in total. The summed E-state index contributed by atoms with van der Waals surface area (Å²) >= 11 is 3.12. The summed E-state index contributed by atoms with van der Waals surface area (Å²) in [4.78, 5) is 14.8. The SMILES string of the molecule is CC[C@@H](C)c1ccccc1N=Cc1cc([N+](=O)[O-])cc(Br)c1O. The third-order valence-electron chi connectivity index (χ3n) is 3.71. The van der Waals surface area contributed by atoms with Gasteiger partial charge in [-0.15, -0.1) is 0 Å². The van der Waals surface area contributed by atoms with Crippen LogP contribution in [0.2, 0.25) is 0 Å². The van der Waals surface area contributed by atoms with Gasteiger partial charge in [-0.2, -0.15) is 0 Å². The number of non-ortho nitro benzene ring substituents is 1. The Labute approximate surface area is 143 Å². The Bertz CT molecular complexity index is 759. The van der Waals surface area contributed by atoms with E-state index in [0.29, 0.717) is 11.5 Å². The molecule has 0 aromatic heterocycles. The van der Waals surface area contributed by atoms with Crippen molar-refractivity contribution in [3.05, 3.63) is 62.1 Å². The van der Waals surface area contributed by atoms with Crippen LogP contribution in [0.15, 0.2) is 45.9 Å². The van der Waals surface area contributed by atoms with Gasteiger partial charge in [-0.05, 0) is 39.9 Å². The van der Waals surface area contributed by atoms with E-state index in [1.54, 1.807) is 0 Å². The summed E-state index contributed by atoms with van der Waals surface area (Å²) in [5, 5.41) is 21.0. The van der Waals surface area contributed by atoms with Gasteiger partial charge in [0.05, 0.1) is 15.1 Å². The second-order valence-electron chi connectivity index (χ2n) is 5.25. The van der Waals surface area contributed by atoms with Crippen molar-refractivity contribution in [2.75, 3.05) is 0 Å². The molecule has 0 unspecified atom stereocenters. The molecule has 0 amide bonds. The minimum atomic E-state index is -0.505. The lowest BCUT2D eigenvalue weighted by Crippen LogP contribution is -1.93. The van der Waals surface area contributed by atoms with Crippen molar-refractivity contribution < 1.29 is 10.0 Å². The highest BCUT2D eigenvalue weighted by Crippen LogP contribution is 2.33. The predicted molar refractivity (Wildman–Crippen MR) is 94.9 cm³/mol. The van der Waals surface area contributed by atoms with Crippen molar-refractivity contribution >= 4 is 33.5 Å². The van der Waals surface area contributed by atoms with E-state index in [1.165, 1.54) is 18.3 Å². The highest BCUT2D eigenvalue weighted by atomic mass is 79.9. The van der Waals surface area contributed by atoms with E-state index in [-0.39, 0.29) is 15.9 Å². The Hall–Kier alpha value is -2.21. The number of benzene rings is 2. The van der Waals surface area contributed by atoms with Crippen molar-refractivity contribution in [2.24, 2.45) is 4.99 Å². The van der Waals surface area contributed by atoms with Gasteiger partial charge in [0, 0.05) is 23.9 Å². The first-order chi connectivity index (χ1) is 10.9. The molecule has 0 aliphatic heterocycles. The molecule has 0 spiro atoms. The summed E-state index contributed by atoms with van der Waals surface area (Å²) in [7, 11) is 0. The zero-order valence-electron chi connectivity index (χ0n) is 12.9. The fourth-order valence-corrected chi connectivity index (χ4v) is 2.65. The lowest BCUT2D eigenvalue weighted by Gasteiger charge is -2.11. The number of aromatic hydroxyl groups is 1. The Balaban J connectivity index is 2.44. The van der Waals surface area contributed by atoms with Crippen molar-refractivity contribution in [3.8, 4) is 5.75 Å². The van der Waals surface area contributed by atoms with Crippen LogP contribution in [0.3, 0.4) is 0 Å². The van der Waals surface area contributed by atoms with Gasteiger partial charge in [0.15, 0.2) is 0 Å². The maximum atomic E-state index is 10.9. The van der Waals surface area contributed by atoms with E-state index < -0.39 is 4.92 Å². The number of halogens is 1. The largest absolute Gasteiger partial charge is 0.506 e. The van der Waals surface area contributed by atoms with E-state index in [2.05, 4.69) is 34.8 Å². The van der Waals surface area contributed by atoms with Gasteiger partial charge < -0.3 is 5.11 Å². The number of hydrogen-bond acceptors (Lipinski definition) is 4. The zero-order valence-corrected chi connectivity index (χ0v) is 14.4. The van der Waals surface area contributed by atoms with Crippen LogP contribution in [0, 0.1) is 10.1 Å². The second-order valence-corrected chi connectivity index (χ2v) is 6.10. The Morgan fingerprint density at radius 2 is 2.09 bits per heavy atom. The summed E-state index contributed by atoms with van der Waals surface area (Å²) in [6.45, 7) is 4.23. The number of rotatable bonds is 5. The zero-order chi connectivity index (χ0) is 17.0. The first kappa shape index (κ1) is 17.1. The molecule has 23 heavy (non-hydrogen) atoms. The van der Waals surface area contributed by atoms with Crippen molar-refractivity contribution in [1.82, 2.24) is 0 Å². The average Bonchev–Trinajstić information content (AvgIpc) is 2.55. The molecule has 2 aromatic rings. The number of hydrogen-bond donors (Lipinski definition) is 1. The predicted octanol–water partition coefficient (Wildman–Crippen LogP) is 5.33. The fourth-order valence-electron chi connectivity index (χ4n) is 2.19. The Morgan fingerprint density at radius 3 is 2.74 bits per heavy atom. The fraction of sp³-hybridized carbons (Fsp3) is 0.235. The van der Waals surface area contributed by atoms with Crippen LogP contribution in [0.4, 0.5) is 11.4 Å². The van der Waals surface area contributed by atoms with Crippen LogP contribution in [0.25, 0.3) is 0 Å². The highest BCUT2D eigenvalue weighted by Gasteiger charge is 2.14. The van der Waals surface area contributed by atoms with Crippen LogP contribution in [-0.2, 0) is 0 Å². The van der Waals surface area contributed by atoms with Crippen LogP contribution in [-0.4, -0.2) is 16.2 Å². The summed E-state index contributed by atoms with van der Waals surface area (Å²) in [5.74, 6) is 0.286. The van der Waals surface area contributed by atoms with Crippen molar-refractivity contribution in [2.45, 2.75) is 26.2 Å². The first-order valence-corrected chi connectivity index (χ1v) is 8.03. The molecule has 0 aliphatic carbocycles. The summed E-state index contributed by atoms with van der Waals surface area (Å²) < 4.78 is 0.267. The molecule has 0 aliphatic rings. The molecule has 0 heterocycles. The third-order valence-corrected chi connectivity index (χ3v) is 4.32. The van der Waals surface area contributed by atoms with E-state index in [1.807, 2.05) is 24.3 Å². The number of para-hydroxylation sites is 1. The Kier molecular flexibility index (Phi) is 5.50. The smallest absolute Gasteiger partial charge is 0.271 e. The molecular formula is C17H17BrN2O3. The number of phenolic OH excluding ortho intramolecular Hbond substituents is 1. The number of nitrogens with zero attached hydrogens (tertiary/aromatic N) is 2. The van der Waals surface area contributed by atoms with Crippen molar-refractivity contribution in [1.29, 1.82) is 0 Å². The van der Waals surface area contributed by atoms with E-state index in [4.69, 9.17) is 0 Å². The van der Waals surface area contributed by atoms with Crippen molar-refractivity contribution in [3.63, 3.8) is 0 Å². The van der Waals surface area contributed by atoms with Gasteiger partial charge in [-0.1, -0.05) is 32.0 Å². The van der Waals surface area contributed by atoms with E-state index in [0.717, 1.165) is 17.7 Å². The normalized spacial score (nSPS) is 12.5. The molecule has 120 valence electrons. The minimum Gasteiger partial charge on any atom is -0.506 e. The van der Waals surface area contributed by atoms with Crippen LogP contribution in [0.1, 0.15) is 37.3 Å². The molecule has 0 fully saturated rings. The molecule has 2 aromatic carbocycles. The number of nitro groups is 1. The summed E-state index contributed by atoms with van der Waals surface area (Å²) in [6.07, 6.45) is 2.44. The molecule has 0 bridgehead atoms. The lowest BCUT2D eigenvalue weighted by molar-refractivity contribution is -0.385. The highest BCUT2D eigenvalue weighted by molar-refractivity contribution is 9.10. The van der Waals surface area contributed by atoms with Crippen LogP contribution < -0.4 is 0 Å². The standard InChI is InChI=1S/C17H17BrN2O3/c1-3-11(2)14-6-4-5-7-16(14)19-10-12-8-13(20(22)23)9-15(18)17(12)21/h4-11,21H,3H2,1-2H3/t11-/m1/s1. The number of nitro benzene ring substituents is 1. The summed E-state index contributed by atoms with van der Waals surface area (Å²) in [5.41, 5.74) is 2.09. The third kappa shape index (κ3) is 3.96. The number of aliphatic imine (C=N–C) groups is 1. The molecule has 0 saturated carbocycles. The molecule has 1 atom stereocenters. The minimum absolute atomic E-state index is 0.0691. The maximum Gasteiger partial charge on any atom is 0.271 e. The monoisotopic (exact) mass is 376 g/mol. The van der Waals surface area contributed by atoms with Gasteiger partial charge in [0.2, 0.25) is 0 Å². The van der Waals surface area contributed by atoms with E-state index >= 15 is 0 Å². The van der Waals surface area contributed by atoms with Crippen LogP contribution in [0.5, 0.6) is 5.75 Å². The van der Waals surface area contributed by atoms with E-state index in [9.17, 15) is 15.2 Å².